The molecular weight excluding hydrogens is 328 g/mol. The number of carbonyl (C=O) groups excluding carboxylic acids is 3. The van der Waals surface area contributed by atoms with Gasteiger partial charge in [0.05, 0.1) is 5.41 Å². The van der Waals surface area contributed by atoms with Crippen molar-refractivity contribution in [3.63, 3.8) is 0 Å². The summed E-state index contributed by atoms with van der Waals surface area (Å²) in [5.41, 5.74) is 3.71. The third kappa shape index (κ3) is 2.10. The summed E-state index contributed by atoms with van der Waals surface area (Å²) >= 11 is 5.80. The average Bonchev–Trinajstić information content (AvgIpc) is 2.83. The molecule has 3 rings (SSSR count). The molecule has 0 spiro atoms. The van der Waals surface area contributed by atoms with E-state index < -0.39 is 22.2 Å². The number of halogens is 1. The lowest BCUT2D eigenvalue weighted by Crippen LogP contribution is -2.52. The Morgan fingerprint density at radius 1 is 1.04 bits per heavy atom. The summed E-state index contributed by atoms with van der Waals surface area (Å²) in [5, 5.41) is 0.533. The number of nitrogens with one attached hydrogen (secondary N) is 2. The first kappa shape index (κ1) is 17.0. The predicted octanol–water partition coefficient (Wildman–Crippen LogP) is 2.89. The molecule has 2 bridgehead atoms. The van der Waals surface area contributed by atoms with Gasteiger partial charge in [-0.05, 0) is 42.5 Å². The number of ketones is 1. The van der Waals surface area contributed by atoms with E-state index in [9.17, 15) is 14.4 Å². The van der Waals surface area contributed by atoms with Gasteiger partial charge in [-0.2, -0.15) is 0 Å². The van der Waals surface area contributed by atoms with Crippen LogP contribution in [0.1, 0.15) is 50.4 Å². The lowest BCUT2D eigenvalue weighted by atomic mass is 9.64. The van der Waals surface area contributed by atoms with Crippen molar-refractivity contribution in [3.8, 4) is 0 Å². The van der Waals surface area contributed by atoms with Crippen molar-refractivity contribution in [2.75, 3.05) is 0 Å². The van der Waals surface area contributed by atoms with Gasteiger partial charge in [-0.15, -0.1) is 0 Å². The highest BCUT2D eigenvalue weighted by Crippen LogP contribution is 2.70. The van der Waals surface area contributed by atoms with E-state index in [0.29, 0.717) is 23.4 Å². The van der Waals surface area contributed by atoms with E-state index in [0.717, 1.165) is 0 Å². The van der Waals surface area contributed by atoms with Gasteiger partial charge >= 0.3 is 0 Å². The lowest BCUT2D eigenvalue weighted by Gasteiger charge is -2.38. The van der Waals surface area contributed by atoms with E-state index in [4.69, 9.17) is 11.6 Å². The molecule has 2 saturated carbocycles. The van der Waals surface area contributed by atoms with Gasteiger partial charge in [0.1, 0.15) is 5.78 Å². The number of hydrogen-bond donors (Lipinski definition) is 2. The topological polar surface area (TPSA) is 75.3 Å². The Balaban J connectivity index is 1.73. The largest absolute Gasteiger partial charge is 0.299 e. The molecule has 24 heavy (non-hydrogen) atoms. The molecule has 128 valence electrons. The molecule has 0 radical (unpaired) electrons. The van der Waals surface area contributed by atoms with Crippen LogP contribution >= 0.6 is 11.6 Å². The maximum Gasteiger partial charge on any atom is 0.269 e. The average molecular weight is 349 g/mol. The molecule has 0 aromatic heterocycles. The van der Waals surface area contributed by atoms with E-state index in [-0.39, 0.29) is 18.1 Å². The van der Waals surface area contributed by atoms with Crippen molar-refractivity contribution in [1.82, 2.24) is 10.9 Å². The molecule has 0 aliphatic heterocycles. The second-order valence-electron chi connectivity index (χ2n) is 7.55. The predicted molar refractivity (Wildman–Crippen MR) is 90.2 cm³/mol. The Labute approximate surface area is 146 Å². The highest BCUT2D eigenvalue weighted by Gasteiger charge is 2.72. The standard InChI is InChI=1S/C18H21ClN2O3/c1-16(2)17(3)8-9-18(16,10-13(17)22)15(24)21-20-14(23)11-4-6-12(19)7-5-11/h4-7H,8-10H2,1-3H3,(H,20,23)(H,21,24). The number of hydrazine groups is 1. The first-order valence-corrected chi connectivity index (χ1v) is 8.41. The number of rotatable bonds is 2. The fourth-order valence-electron chi connectivity index (χ4n) is 4.27. The number of carbonyl (C=O) groups is 3. The van der Waals surface area contributed by atoms with Gasteiger partial charge < -0.3 is 0 Å². The van der Waals surface area contributed by atoms with E-state index in [2.05, 4.69) is 10.9 Å². The number of benzene rings is 1. The van der Waals surface area contributed by atoms with E-state index >= 15 is 0 Å². The lowest BCUT2D eigenvalue weighted by molar-refractivity contribution is -0.137. The third-order valence-corrected chi connectivity index (χ3v) is 6.79. The monoisotopic (exact) mass is 348 g/mol. The molecule has 2 aliphatic carbocycles. The molecule has 5 nitrogen and oxygen atoms in total. The van der Waals surface area contributed by atoms with Crippen LogP contribution in [0.5, 0.6) is 0 Å². The molecule has 2 unspecified atom stereocenters. The van der Waals surface area contributed by atoms with E-state index in [1.807, 2.05) is 20.8 Å². The van der Waals surface area contributed by atoms with Crippen LogP contribution in [-0.2, 0) is 9.59 Å². The smallest absolute Gasteiger partial charge is 0.269 e. The summed E-state index contributed by atoms with van der Waals surface area (Å²) in [6.45, 7) is 5.90. The number of Topliss-reactive ketones (excluding diaryl/α,β-unsaturated/α-hetero) is 1. The Morgan fingerprint density at radius 2 is 1.67 bits per heavy atom. The zero-order valence-corrected chi connectivity index (χ0v) is 14.8. The quantitative estimate of drug-likeness (QED) is 0.807. The summed E-state index contributed by atoms with van der Waals surface area (Å²) in [5.74, 6) is -0.568. The molecular formula is C18H21ClN2O3. The molecule has 6 heteroatoms. The van der Waals surface area contributed by atoms with Gasteiger partial charge in [0, 0.05) is 22.4 Å². The summed E-state index contributed by atoms with van der Waals surface area (Å²) < 4.78 is 0. The molecule has 0 saturated heterocycles. The van der Waals surface area contributed by atoms with Gasteiger partial charge in [0.15, 0.2) is 0 Å². The zero-order valence-electron chi connectivity index (χ0n) is 14.0. The fourth-order valence-corrected chi connectivity index (χ4v) is 4.39. The maximum atomic E-state index is 12.8. The van der Waals surface area contributed by atoms with Gasteiger partial charge in [-0.25, -0.2) is 0 Å². The highest BCUT2D eigenvalue weighted by atomic mass is 35.5. The van der Waals surface area contributed by atoms with E-state index in [1.165, 1.54) is 0 Å². The minimum absolute atomic E-state index is 0.137. The SMILES string of the molecule is CC12CCC(C(=O)NNC(=O)c3ccc(Cl)cc3)(CC1=O)C2(C)C. The van der Waals surface area contributed by atoms with Crippen LogP contribution in [0.2, 0.25) is 5.02 Å². The van der Waals surface area contributed by atoms with Crippen LogP contribution in [0.4, 0.5) is 0 Å². The first-order valence-electron chi connectivity index (χ1n) is 8.04. The van der Waals surface area contributed by atoms with Crippen LogP contribution in [-0.4, -0.2) is 17.6 Å². The fraction of sp³-hybridized carbons (Fsp3) is 0.500. The third-order valence-electron chi connectivity index (χ3n) is 6.54. The van der Waals surface area contributed by atoms with Crippen molar-refractivity contribution in [2.45, 2.75) is 40.0 Å². The van der Waals surface area contributed by atoms with Gasteiger partial charge in [-0.3, -0.25) is 25.2 Å². The first-order chi connectivity index (χ1) is 11.1. The van der Waals surface area contributed by atoms with Crippen LogP contribution in [0.25, 0.3) is 0 Å². The molecule has 2 amide bonds. The molecule has 2 fully saturated rings. The Hall–Kier alpha value is -1.88. The Morgan fingerprint density at radius 3 is 2.17 bits per heavy atom. The number of fused-ring (bicyclic) bond motifs is 2. The normalized spacial score (nSPS) is 30.2. The number of amides is 2. The summed E-state index contributed by atoms with van der Waals surface area (Å²) in [7, 11) is 0. The van der Waals surface area contributed by atoms with Crippen molar-refractivity contribution >= 4 is 29.2 Å². The minimum atomic E-state index is -0.758. The van der Waals surface area contributed by atoms with Gasteiger partial charge in [0.25, 0.3) is 5.91 Å². The second kappa shape index (κ2) is 5.31. The molecule has 2 atom stereocenters. The molecule has 1 aromatic rings. The van der Waals surface area contributed by atoms with Gasteiger partial charge in [-0.1, -0.05) is 32.4 Å². The number of hydrogen-bond acceptors (Lipinski definition) is 3. The van der Waals surface area contributed by atoms with Crippen LogP contribution in [0.3, 0.4) is 0 Å². The maximum absolute atomic E-state index is 12.8. The van der Waals surface area contributed by atoms with Crippen molar-refractivity contribution in [3.05, 3.63) is 34.9 Å². The summed E-state index contributed by atoms with van der Waals surface area (Å²) in [4.78, 5) is 37.3. The van der Waals surface area contributed by atoms with Crippen molar-refractivity contribution in [2.24, 2.45) is 16.2 Å². The molecule has 0 heterocycles. The van der Waals surface area contributed by atoms with Crippen LogP contribution in [0.15, 0.2) is 24.3 Å². The minimum Gasteiger partial charge on any atom is -0.299 e. The van der Waals surface area contributed by atoms with Gasteiger partial charge in [0.2, 0.25) is 5.91 Å². The van der Waals surface area contributed by atoms with Crippen molar-refractivity contribution < 1.29 is 14.4 Å². The van der Waals surface area contributed by atoms with Crippen LogP contribution in [0, 0.1) is 16.2 Å². The van der Waals surface area contributed by atoms with E-state index in [1.54, 1.807) is 24.3 Å². The Bertz CT molecular complexity index is 728. The molecule has 1 aromatic carbocycles. The highest BCUT2D eigenvalue weighted by molar-refractivity contribution is 6.30. The summed E-state index contributed by atoms with van der Waals surface area (Å²) in [6.07, 6.45) is 1.60. The van der Waals surface area contributed by atoms with Crippen LogP contribution < -0.4 is 10.9 Å². The second-order valence-corrected chi connectivity index (χ2v) is 7.99. The zero-order chi connectivity index (χ0) is 17.8. The summed E-state index contributed by atoms with van der Waals surface area (Å²) in [6, 6.07) is 6.38. The molecule has 2 N–H and O–H groups in total. The Kier molecular flexibility index (Phi) is 3.75. The molecule has 2 aliphatic rings. The van der Waals surface area contributed by atoms with Crippen molar-refractivity contribution in [1.29, 1.82) is 0 Å².